The lowest BCUT2D eigenvalue weighted by Gasteiger charge is -2.19. The minimum absolute atomic E-state index is 0.0567. The summed E-state index contributed by atoms with van der Waals surface area (Å²) in [6.45, 7) is 6.59. The summed E-state index contributed by atoms with van der Waals surface area (Å²) in [6, 6.07) is 0.958. The number of rotatable bonds is 5. The molecule has 0 aliphatic carbocycles. The van der Waals surface area contributed by atoms with E-state index in [0.717, 1.165) is 6.07 Å². The van der Waals surface area contributed by atoms with Gasteiger partial charge in [0.15, 0.2) is 0 Å². The van der Waals surface area contributed by atoms with E-state index in [-0.39, 0.29) is 28.2 Å². The number of hydrogen-bond acceptors (Lipinski definition) is 4. The summed E-state index contributed by atoms with van der Waals surface area (Å²) in [5.74, 6) is -3.54. The zero-order valence-electron chi connectivity index (χ0n) is 12.2. The molecule has 0 saturated heterocycles. The van der Waals surface area contributed by atoms with Crippen molar-refractivity contribution in [3.05, 3.63) is 38.4 Å². The Labute approximate surface area is 121 Å². The van der Waals surface area contributed by atoms with Gasteiger partial charge in [0.1, 0.15) is 0 Å². The van der Waals surface area contributed by atoms with Crippen molar-refractivity contribution in [2.45, 2.75) is 39.5 Å². The lowest BCUT2D eigenvalue weighted by molar-refractivity contribution is -0.385. The molecule has 0 spiro atoms. The third-order valence-corrected chi connectivity index (χ3v) is 3.18. The largest absolute Gasteiger partial charge is 0.478 e. The molecule has 0 bridgehead atoms. The third-order valence-electron chi connectivity index (χ3n) is 3.18. The molecule has 2 N–H and O–H groups in total. The van der Waals surface area contributed by atoms with Crippen LogP contribution in [-0.2, 0) is 0 Å². The van der Waals surface area contributed by atoms with Gasteiger partial charge in [-0.3, -0.25) is 10.1 Å². The summed E-state index contributed by atoms with van der Waals surface area (Å²) < 4.78 is 0. The van der Waals surface area contributed by atoms with E-state index < -0.39 is 28.5 Å². The Kier molecular flexibility index (Phi) is 4.67. The maximum Gasteiger partial charge on any atom is 0.336 e. The van der Waals surface area contributed by atoms with Gasteiger partial charge in [-0.1, -0.05) is 27.7 Å². The maximum atomic E-state index is 11.6. The summed E-state index contributed by atoms with van der Waals surface area (Å²) >= 11 is 0. The monoisotopic (exact) mass is 295 g/mol. The topological polar surface area (TPSA) is 118 Å². The highest BCUT2D eigenvalue weighted by atomic mass is 16.6. The van der Waals surface area contributed by atoms with Gasteiger partial charge in [0.05, 0.1) is 16.1 Å². The molecule has 1 rings (SSSR count). The zero-order valence-corrected chi connectivity index (χ0v) is 12.2. The summed E-state index contributed by atoms with van der Waals surface area (Å²) in [7, 11) is 0. The Morgan fingerprint density at radius 1 is 1.05 bits per heavy atom. The van der Waals surface area contributed by atoms with Crippen LogP contribution in [0.3, 0.4) is 0 Å². The van der Waals surface area contributed by atoms with Crippen LogP contribution in [0, 0.1) is 10.1 Å². The molecule has 0 heterocycles. The first kappa shape index (κ1) is 16.6. The van der Waals surface area contributed by atoms with Gasteiger partial charge in [0.25, 0.3) is 5.69 Å². The van der Waals surface area contributed by atoms with Gasteiger partial charge in [-0.15, -0.1) is 0 Å². The Bertz CT molecular complexity index is 574. The van der Waals surface area contributed by atoms with Crippen molar-refractivity contribution in [2.24, 2.45) is 0 Å². The SMILES string of the molecule is CC(C)c1c(C(=O)O)cc([N+](=O)[O-])c(C(C)C)c1C(=O)O. The van der Waals surface area contributed by atoms with E-state index in [4.69, 9.17) is 0 Å². The van der Waals surface area contributed by atoms with Crippen LogP contribution < -0.4 is 0 Å². The Morgan fingerprint density at radius 2 is 1.52 bits per heavy atom. The molecule has 0 fully saturated rings. The van der Waals surface area contributed by atoms with Crippen molar-refractivity contribution in [1.29, 1.82) is 0 Å². The fourth-order valence-electron chi connectivity index (χ4n) is 2.44. The molecule has 0 amide bonds. The minimum Gasteiger partial charge on any atom is -0.478 e. The molecule has 1 aromatic carbocycles. The van der Waals surface area contributed by atoms with Crippen LogP contribution in [-0.4, -0.2) is 27.1 Å². The van der Waals surface area contributed by atoms with Gasteiger partial charge in [-0.25, -0.2) is 9.59 Å². The highest BCUT2D eigenvalue weighted by Gasteiger charge is 2.32. The standard InChI is InChI=1S/C14H17NO6/c1-6(2)10-8(13(16)17)5-9(15(20)21)11(7(3)4)12(10)14(18)19/h5-7H,1-4H3,(H,16,17)(H,18,19). The lowest BCUT2D eigenvalue weighted by Crippen LogP contribution is -2.17. The number of nitro benzene ring substituents is 1. The number of benzene rings is 1. The average molecular weight is 295 g/mol. The molecular formula is C14H17NO6. The summed E-state index contributed by atoms with van der Waals surface area (Å²) in [6.07, 6.45) is 0. The summed E-state index contributed by atoms with van der Waals surface area (Å²) in [5.41, 5.74) is -0.903. The molecule has 0 unspecified atom stereocenters. The number of nitrogens with zero attached hydrogens (tertiary/aromatic N) is 1. The van der Waals surface area contributed by atoms with Crippen LogP contribution in [0.4, 0.5) is 5.69 Å². The van der Waals surface area contributed by atoms with E-state index in [2.05, 4.69) is 0 Å². The molecule has 0 atom stereocenters. The summed E-state index contributed by atoms with van der Waals surface area (Å²) in [5, 5.41) is 29.9. The molecule has 7 nitrogen and oxygen atoms in total. The number of nitro groups is 1. The number of aromatic carboxylic acids is 2. The fourth-order valence-corrected chi connectivity index (χ4v) is 2.44. The van der Waals surface area contributed by atoms with E-state index in [1.165, 1.54) is 0 Å². The molecule has 21 heavy (non-hydrogen) atoms. The highest BCUT2D eigenvalue weighted by molar-refractivity contribution is 6.00. The first-order valence-electron chi connectivity index (χ1n) is 6.41. The first-order valence-corrected chi connectivity index (χ1v) is 6.41. The number of hydrogen-bond donors (Lipinski definition) is 2. The first-order chi connectivity index (χ1) is 9.59. The van der Waals surface area contributed by atoms with Crippen molar-refractivity contribution < 1.29 is 24.7 Å². The molecule has 0 saturated carbocycles. The smallest absolute Gasteiger partial charge is 0.336 e. The van der Waals surface area contributed by atoms with Crippen molar-refractivity contribution in [1.82, 2.24) is 0 Å². The molecule has 0 aliphatic heterocycles. The molecule has 1 aromatic rings. The van der Waals surface area contributed by atoms with Crippen LogP contribution in [0.1, 0.15) is 71.4 Å². The van der Waals surface area contributed by atoms with Crippen LogP contribution >= 0.6 is 0 Å². The van der Waals surface area contributed by atoms with E-state index in [1.54, 1.807) is 27.7 Å². The van der Waals surface area contributed by atoms with Crippen LogP contribution in [0.15, 0.2) is 6.07 Å². The molecule has 0 radical (unpaired) electrons. The van der Waals surface area contributed by atoms with Crippen molar-refractivity contribution in [2.75, 3.05) is 0 Å². The zero-order chi connectivity index (χ0) is 16.5. The van der Waals surface area contributed by atoms with Gasteiger partial charge in [0, 0.05) is 11.6 Å². The summed E-state index contributed by atoms with van der Waals surface area (Å²) in [4.78, 5) is 33.4. The van der Waals surface area contributed by atoms with Gasteiger partial charge in [0.2, 0.25) is 0 Å². The van der Waals surface area contributed by atoms with Crippen LogP contribution in [0.25, 0.3) is 0 Å². The van der Waals surface area contributed by atoms with E-state index in [9.17, 15) is 29.9 Å². The second-order valence-corrected chi connectivity index (χ2v) is 5.32. The molecular weight excluding hydrogens is 278 g/mol. The third kappa shape index (κ3) is 3.01. The van der Waals surface area contributed by atoms with Gasteiger partial charge in [-0.2, -0.15) is 0 Å². The predicted octanol–water partition coefficient (Wildman–Crippen LogP) is 3.24. The van der Waals surface area contributed by atoms with Crippen LogP contribution in [0.5, 0.6) is 0 Å². The predicted molar refractivity (Wildman–Crippen MR) is 75.2 cm³/mol. The Morgan fingerprint density at radius 3 is 1.81 bits per heavy atom. The lowest BCUT2D eigenvalue weighted by atomic mass is 9.84. The number of carboxylic acids is 2. The Hall–Kier alpha value is -2.44. The molecule has 7 heteroatoms. The fraction of sp³-hybridized carbons (Fsp3) is 0.429. The van der Waals surface area contributed by atoms with Gasteiger partial charge in [-0.05, 0) is 17.4 Å². The molecule has 0 aromatic heterocycles. The number of carboxylic acid groups (broad SMARTS) is 2. The van der Waals surface area contributed by atoms with Crippen molar-refractivity contribution >= 4 is 17.6 Å². The Balaban J connectivity index is 4.03. The van der Waals surface area contributed by atoms with Crippen LogP contribution in [0.2, 0.25) is 0 Å². The molecule has 0 aliphatic rings. The van der Waals surface area contributed by atoms with E-state index in [0.29, 0.717) is 0 Å². The number of carbonyl (C=O) groups is 2. The second kappa shape index (κ2) is 5.90. The molecule has 114 valence electrons. The second-order valence-electron chi connectivity index (χ2n) is 5.32. The van der Waals surface area contributed by atoms with E-state index >= 15 is 0 Å². The minimum atomic E-state index is -1.38. The van der Waals surface area contributed by atoms with Crippen molar-refractivity contribution in [3.8, 4) is 0 Å². The normalized spacial score (nSPS) is 11.0. The van der Waals surface area contributed by atoms with Gasteiger partial charge >= 0.3 is 11.9 Å². The average Bonchev–Trinajstić information content (AvgIpc) is 2.34. The van der Waals surface area contributed by atoms with Gasteiger partial charge < -0.3 is 10.2 Å². The maximum absolute atomic E-state index is 11.6. The van der Waals surface area contributed by atoms with E-state index in [1.807, 2.05) is 0 Å². The quantitative estimate of drug-likeness (QED) is 0.636. The highest BCUT2D eigenvalue weighted by Crippen LogP contribution is 2.37. The van der Waals surface area contributed by atoms with Crippen molar-refractivity contribution in [3.63, 3.8) is 0 Å².